The number of para-hydroxylation sites is 3. The summed E-state index contributed by atoms with van der Waals surface area (Å²) in [6, 6.07) is 16.8. The van der Waals surface area contributed by atoms with Crippen LogP contribution in [0, 0.1) is 5.92 Å². The largest absolute Gasteiger partial charge is 0.364 e. The van der Waals surface area contributed by atoms with Gasteiger partial charge in [-0.05, 0) is 24.3 Å². The third-order valence-corrected chi connectivity index (χ3v) is 4.49. The van der Waals surface area contributed by atoms with Crippen molar-refractivity contribution in [1.82, 2.24) is 9.55 Å². The van der Waals surface area contributed by atoms with Gasteiger partial charge in [-0.2, -0.15) is 0 Å². The van der Waals surface area contributed by atoms with Crippen molar-refractivity contribution in [2.45, 2.75) is 6.17 Å². The van der Waals surface area contributed by atoms with E-state index in [1.807, 2.05) is 6.07 Å². The molecule has 1 N–H and O–H groups in total. The van der Waals surface area contributed by atoms with Gasteiger partial charge in [-0.3, -0.25) is 0 Å². The van der Waals surface area contributed by atoms with Gasteiger partial charge in [-0.15, -0.1) is 0 Å². The van der Waals surface area contributed by atoms with Gasteiger partial charge in [-0.25, -0.2) is 4.98 Å². The first-order chi connectivity index (χ1) is 10.9. The van der Waals surface area contributed by atoms with E-state index in [2.05, 4.69) is 76.7 Å². The first-order valence-electron chi connectivity index (χ1n) is 7.60. The van der Waals surface area contributed by atoms with Crippen LogP contribution < -0.4 is 5.32 Å². The van der Waals surface area contributed by atoms with E-state index in [9.17, 15) is 0 Å². The predicted molar refractivity (Wildman–Crippen MR) is 89.6 cm³/mol. The number of nitrogens with zero attached hydrogens (tertiary/aromatic N) is 2. The Morgan fingerprint density at radius 2 is 1.68 bits per heavy atom. The van der Waals surface area contributed by atoms with Crippen molar-refractivity contribution in [3.8, 4) is 11.4 Å². The van der Waals surface area contributed by atoms with Crippen LogP contribution in [0.4, 0.5) is 5.69 Å². The van der Waals surface area contributed by atoms with Crippen LogP contribution in [0.1, 0.15) is 6.17 Å². The molecule has 2 aromatic carbocycles. The third kappa shape index (κ3) is 1.53. The molecule has 3 aromatic rings. The van der Waals surface area contributed by atoms with Crippen molar-refractivity contribution in [2.75, 3.05) is 5.32 Å². The van der Waals surface area contributed by atoms with E-state index in [-0.39, 0.29) is 6.17 Å². The Morgan fingerprint density at radius 1 is 0.909 bits per heavy atom. The van der Waals surface area contributed by atoms with E-state index < -0.39 is 0 Å². The number of aromatic nitrogens is 2. The second kappa shape index (κ2) is 4.34. The summed E-state index contributed by atoms with van der Waals surface area (Å²) in [5.74, 6) is 1.39. The zero-order chi connectivity index (χ0) is 14.5. The quantitative estimate of drug-likeness (QED) is 0.719. The number of nitrogens with one attached hydrogen (secondary N) is 1. The predicted octanol–water partition coefficient (Wildman–Crippen LogP) is 4.37. The van der Waals surface area contributed by atoms with Gasteiger partial charge < -0.3 is 9.88 Å². The van der Waals surface area contributed by atoms with Crippen LogP contribution in [-0.4, -0.2) is 9.55 Å². The van der Waals surface area contributed by atoms with Gasteiger partial charge in [-0.1, -0.05) is 48.6 Å². The fraction of sp³-hybridized carbons (Fsp3) is 0.105. The average molecular weight is 285 g/mol. The Kier molecular flexibility index (Phi) is 2.33. The summed E-state index contributed by atoms with van der Waals surface area (Å²) in [7, 11) is 0. The lowest BCUT2D eigenvalue weighted by atomic mass is 10.0. The number of rotatable bonds is 1. The molecule has 5 rings (SSSR count). The minimum atomic E-state index is 0.160. The van der Waals surface area contributed by atoms with Crippen molar-refractivity contribution >= 4 is 16.7 Å². The normalized spacial score (nSPS) is 19.2. The van der Waals surface area contributed by atoms with E-state index in [1.54, 1.807) is 0 Å². The molecule has 0 bridgehead atoms. The van der Waals surface area contributed by atoms with Gasteiger partial charge in [0.15, 0.2) is 0 Å². The average Bonchev–Trinajstić information content (AvgIpc) is 3.22. The Morgan fingerprint density at radius 3 is 2.59 bits per heavy atom. The van der Waals surface area contributed by atoms with Crippen LogP contribution >= 0.6 is 0 Å². The third-order valence-electron chi connectivity index (χ3n) is 4.49. The molecule has 3 heteroatoms. The fourth-order valence-electron chi connectivity index (χ4n) is 3.47. The number of hydrogen-bond acceptors (Lipinski definition) is 2. The highest BCUT2D eigenvalue weighted by atomic mass is 15.2. The van der Waals surface area contributed by atoms with Crippen LogP contribution in [0.2, 0.25) is 0 Å². The summed E-state index contributed by atoms with van der Waals surface area (Å²) in [6.45, 7) is 0. The second-order valence-electron chi connectivity index (χ2n) is 5.78. The molecule has 1 atom stereocenters. The first kappa shape index (κ1) is 11.8. The Labute approximate surface area is 128 Å². The van der Waals surface area contributed by atoms with Crippen molar-refractivity contribution in [3.63, 3.8) is 0 Å². The van der Waals surface area contributed by atoms with E-state index >= 15 is 0 Å². The number of benzene rings is 2. The molecule has 0 saturated heterocycles. The van der Waals surface area contributed by atoms with Gasteiger partial charge >= 0.3 is 0 Å². The topological polar surface area (TPSA) is 29.9 Å². The van der Waals surface area contributed by atoms with Crippen LogP contribution in [0.3, 0.4) is 0 Å². The lowest BCUT2D eigenvalue weighted by molar-refractivity contribution is 0.504. The number of imidazole rings is 1. The maximum Gasteiger partial charge on any atom is 0.144 e. The van der Waals surface area contributed by atoms with Gasteiger partial charge in [0.2, 0.25) is 0 Å². The maximum absolute atomic E-state index is 4.89. The van der Waals surface area contributed by atoms with E-state index in [0.717, 1.165) is 17.0 Å². The molecule has 0 saturated carbocycles. The molecule has 0 amide bonds. The van der Waals surface area contributed by atoms with E-state index in [0.29, 0.717) is 5.92 Å². The first-order valence-corrected chi connectivity index (χ1v) is 7.60. The van der Waals surface area contributed by atoms with Crippen LogP contribution in [0.5, 0.6) is 0 Å². The zero-order valence-corrected chi connectivity index (χ0v) is 12.0. The van der Waals surface area contributed by atoms with Crippen molar-refractivity contribution in [3.05, 3.63) is 72.8 Å². The molecular formula is C19H15N3. The lowest BCUT2D eigenvalue weighted by Crippen LogP contribution is -2.28. The lowest BCUT2D eigenvalue weighted by Gasteiger charge is -2.32. The molecule has 0 spiro atoms. The summed E-state index contributed by atoms with van der Waals surface area (Å²) < 4.78 is 2.34. The number of fused-ring (bicyclic) bond motifs is 5. The Balaban J connectivity index is 1.83. The molecule has 0 fully saturated rings. The summed E-state index contributed by atoms with van der Waals surface area (Å²) >= 11 is 0. The maximum atomic E-state index is 4.89. The molecule has 1 aliphatic heterocycles. The monoisotopic (exact) mass is 285 g/mol. The van der Waals surface area contributed by atoms with Crippen molar-refractivity contribution in [1.29, 1.82) is 0 Å². The second-order valence-corrected chi connectivity index (χ2v) is 5.78. The highest BCUT2D eigenvalue weighted by Crippen LogP contribution is 2.41. The molecule has 1 unspecified atom stereocenters. The van der Waals surface area contributed by atoms with Gasteiger partial charge in [0.1, 0.15) is 12.0 Å². The summed E-state index contributed by atoms with van der Waals surface area (Å²) in [5, 5.41) is 3.69. The molecule has 0 radical (unpaired) electrons. The number of hydrogen-bond donors (Lipinski definition) is 1. The molecule has 1 aliphatic carbocycles. The van der Waals surface area contributed by atoms with Crippen LogP contribution in [0.25, 0.3) is 22.4 Å². The number of allylic oxidation sites excluding steroid dienone is 2. The summed E-state index contributed by atoms with van der Waals surface area (Å²) in [4.78, 5) is 4.89. The zero-order valence-electron chi connectivity index (χ0n) is 12.0. The molecule has 2 aliphatic rings. The van der Waals surface area contributed by atoms with Crippen LogP contribution in [-0.2, 0) is 0 Å². The summed E-state index contributed by atoms with van der Waals surface area (Å²) in [5.41, 5.74) is 4.55. The van der Waals surface area contributed by atoms with E-state index in [4.69, 9.17) is 4.98 Å². The van der Waals surface area contributed by atoms with Gasteiger partial charge in [0, 0.05) is 17.2 Å². The Hall–Kier alpha value is -2.81. The molecule has 1 aromatic heterocycles. The molecule has 3 nitrogen and oxygen atoms in total. The highest BCUT2D eigenvalue weighted by molar-refractivity contribution is 5.86. The molecular weight excluding hydrogens is 270 g/mol. The highest BCUT2D eigenvalue weighted by Gasteiger charge is 2.30. The molecule has 2 heterocycles. The molecule has 22 heavy (non-hydrogen) atoms. The molecule has 106 valence electrons. The standard InChI is InChI=1S/C19H15N3/c1-2-8-13(7-1)18-20-15-10-4-3-9-14(15)19-21-16-11-5-6-12-17(16)22(18)19/h1-13,18,20H. The minimum Gasteiger partial charge on any atom is -0.364 e. The fourth-order valence-corrected chi connectivity index (χ4v) is 3.47. The summed E-state index contributed by atoms with van der Waals surface area (Å²) in [6.07, 6.45) is 8.87. The smallest absolute Gasteiger partial charge is 0.144 e. The van der Waals surface area contributed by atoms with Gasteiger partial charge in [0.25, 0.3) is 0 Å². The van der Waals surface area contributed by atoms with Crippen LogP contribution in [0.15, 0.2) is 72.8 Å². The van der Waals surface area contributed by atoms with E-state index in [1.165, 1.54) is 11.1 Å². The van der Waals surface area contributed by atoms with Crippen molar-refractivity contribution in [2.24, 2.45) is 5.92 Å². The minimum absolute atomic E-state index is 0.160. The number of anilines is 1. The SMILES string of the molecule is C1=CC(C2Nc3ccccc3-c3nc4ccccc4n32)C=C1. The van der Waals surface area contributed by atoms with Crippen molar-refractivity contribution < 1.29 is 0 Å². The Bertz CT molecular complexity index is 921. The van der Waals surface area contributed by atoms with Gasteiger partial charge in [0.05, 0.1) is 11.0 Å².